The molecule has 0 saturated heterocycles. The Morgan fingerprint density at radius 1 is 1.33 bits per heavy atom. The highest BCUT2D eigenvalue weighted by atomic mass is 16.4. The average molecular weight is 256 g/mol. The Balaban J connectivity index is 2.77. The average Bonchev–Trinajstić information content (AvgIpc) is 2.25. The zero-order chi connectivity index (χ0) is 13.7. The second-order valence-electron chi connectivity index (χ2n) is 5.32. The number of aliphatic carboxylic acids is 1. The molecular weight excluding hydrogens is 232 g/mol. The van der Waals surface area contributed by atoms with Crippen LogP contribution >= 0.6 is 0 Å². The molecule has 0 aliphatic heterocycles. The lowest BCUT2D eigenvalue weighted by atomic mass is 9.88. The van der Waals surface area contributed by atoms with Crippen LogP contribution in [0, 0.1) is 0 Å². The molecule has 1 amide bonds. The molecule has 5 heteroatoms. The Kier molecular flexibility index (Phi) is 5.59. The third kappa shape index (κ3) is 4.29. The molecule has 1 saturated carbocycles. The van der Waals surface area contributed by atoms with Crippen LogP contribution in [0.3, 0.4) is 0 Å². The largest absolute Gasteiger partial charge is 0.480 e. The van der Waals surface area contributed by atoms with Gasteiger partial charge in [0.2, 0.25) is 5.91 Å². The van der Waals surface area contributed by atoms with Crippen LogP contribution < -0.4 is 5.32 Å². The maximum absolute atomic E-state index is 11.2. The van der Waals surface area contributed by atoms with Gasteiger partial charge in [-0.05, 0) is 26.7 Å². The predicted molar refractivity (Wildman–Crippen MR) is 69.3 cm³/mol. The van der Waals surface area contributed by atoms with E-state index in [0.717, 1.165) is 25.7 Å². The smallest absolute Gasteiger partial charge is 0.317 e. The van der Waals surface area contributed by atoms with Crippen LogP contribution in [0.15, 0.2) is 0 Å². The molecule has 1 fully saturated rings. The number of carbonyl (C=O) groups is 2. The van der Waals surface area contributed by atoms with E-state index in [-0.39, 0.29) is 30.6 Å². The number of carboxylic acids is 1. The molecule has 0 aromatic rings. The lowest BCUT2D eigenvalue weighted by Gasteiger charge is -2.41. The molecule has 1 aliphatic carbocycles. The van der Waals surface area contributed by atoms with Crippen LogP contribution in [0.1, 0.15) is 46.5 Å². The van der Waals surface area contributed by atoms with Crippen LogP contribution in [-0.4, -0.2) is 46.6 Å². The monoisotopic (exact) mass is 256 g/mol. The van der Waals surface area contributed by atoms with Crippen LogP contribution in [-0.2, 0) is 9.59 Å². The maximum atomic E-state index is 11.2. The van der Waals surface area contributed by atoms with Crippen molar-refractivity contribution in [3.8, 4) is 0 Å². The van der Waals surface area contributed by atoms with E-state index in [1.165, 1.54) is 6.92 Å². The minimum atomic E-state index is -0.809. The first-order valence-electron chi connectivity index (χ1n) is 6.66. The number of nitrogens with zero attached hydrogens (tertiary/aromatic N) is 1. The third-order valence-corrected chi connectivity index (χ3v) is 3.53. The molecule has 0 heterocycles. The highest BCUT2D eigenvalue weighted by Crippen LogP contribution is 2.24. The van der Waals surface area contributed by atoms with Gasteiger partial charge in [-0.1, -0.05) is 12.8 Å². The first-order valence-corrected chi connectivity index (χ1v) is 6.66. The summed E-state index contributed by atoms with van der Waals surface area (Å²) in [5.41, 5.74) is 0. The van der Waals surface area contributed by atoms with E-state index >= 15 is 0 Å². The summed E-state index contributed by atoms with van der Waals surface area (Å²) in [5.74, 6) is -0.846. The van der Waals surface area contributed by atoms with Crippen LogP contribution in [0.4, 0.5) is 0 Å². The Hall–Kier alpha value is -1.10. The second kappa shape index (κ2) is 6.73. The molecule has 5 nitrogen and oxygen atoms in total. The normalized spacial score (nSPS) is 24.3. The maximum Gasteiger partial charge on any atom is 0.317 e. The molecule has 104 valence electrons. The molecule has 0 bridgehead atoms. The topological polar surface area (TPSA) is 69.6 Å². The van der Waals surface area contributed by atoms with Gasteiger partial charge in [-0.2, -0.15) is 0 Å². The van der Waals surface area contributed by atoms with Crippen molar-refractivity contribution in [1.29, 1.82) is 0 Å². The van der Waals surface area contributed by atoms with Crippen molar-refractivity contribution in [2.45, 2.75) is 64.6 Å². The van der Waals surface area contributed by atoms with E-state index in [9.17, 15) is 9.59 Å². The minimum Gasteiger partial charge on any atom is -0.480 e. The fraction of sp³-hybridized carbons (Fsp3) is 0.846. The Morgan fingerprint density at radius 2 is 1.94 bits per heavy atom. The zero-order valence-electron chi connectivity index (χ0n) is 11.5. The summed E-state index contributed by atoms with van der Waals surface area (Å²) >= 11 is 0. The summed E-state index contributed by atoms with van der Waals surface area (Å²) < 4.78 is 0. The van der Waals surface area contributed by atoms with Crippen molar-refractivity contribution in [2.24, 2.45) is 0 Å². The van der Waals surface area contributed by atoms with Gasteiger partial charge in [0.05, 0.1) is 6.54 Å². The minimum absolute atomic E-state index is 0.0362. The number of carbonyl (C=O) groups excluding carboxylic acids is 1. The van der Waals surface area contributed by atoms with Gasteiger partial charge in [0.15, 0.2) is 0 Å². The molecular formula is C13H24N2O3. The molecule has 0 radical (unpaired) electrons. The fourth-order valence-electron chi connectivity index (χ4n) is 2.78. The highest BCUT2D eigenvalue weighted by Gasteiger charge is 2.32. The van der Waals surface area contributed by atoms with E-state index in [1.54, 1.807) is 0 Å². The number of nitrogens with one attached hydrogen (secondary N) is 1. The second-order valence-corrected chi connectivity index (χ2v) is 5.32. The van der Waals surface area contributed by atoms with Crippen molar-refractivity contribution in [1.82, 2.24) is 10.2 Å². The number of rotatable bonds is 5. The fourth-order valence-corrected chi connectivity index (χ4v) is 2.78. The number of amides is 1. The molecule has 1 rings (SSSR count). The van der Waals surface area contributed by atoms with Crippen molar-refractivity contribution in [2.75, 3.05) is 6.54 Å². The summed E-state index contributed by atoms with van der Waals surface area (Å²) in [6, 6.07) is 0.386. The molecule has 0 aromatic heterocycles. The van der Waals surface area contributed by atoms with Gasteiger partial charge in [-0.15, -0.1) is 0 Å². The standard InChI is InChI=1S/C13H24N2O3/c1-9(2)15(8-13(17)18)12-7-5-4-6-11(12)14-10(3)16/h9,11-12H,4-8H2,1-3H3,(H,14,16)(H,17,18)/t11-,12+/m0/s1. The highest BCUT2D eigenvalue weighted by molar-refractivity contribution is 5.73. The van der Waals surface area contributed by atoms with E-state index in [4.69, 9.17) is 5.11 Å². The molecule has 2 atom stereocenters. The van der Waals surface area contributed by atoms with Gasteiger partial charge in [0.1, 0.15) is 0 Å². The molecule has 1 aliphatic rings. The summed E-state index contributed by atoms with van der Waals surface area (Å²) in [5, 5.41) is 12.0. The Bertz CT molecular complexity index is 305. The lowest BCUT2D eigenvalue weighted by molar-refractivity contribution is -0.140. The Labute approximate surface area is 109 Å². The molecule has 0 spiro atoms. The van der Waals surface area contributed by atoms with Gasteiger partial charge in [0, 0.05) is 25.0 Å². The van der Waals surface area contributed by atoms with E-state index < -0.39 is 5.97 Å². The zero-order valence-corrected chi connectivity index (χ0v) is 11.5. The first-order chi connectivity index (χ1) is 8.41. The summed E-state index contributed by atoms with van der Waals surface area (Å²) in [6.45, 7) is 5.56. The predicted octanol–water partition coefficient (Wildman–Crippen LogP) is 1.23. The number of carboxylic acid groups (broad SMARTS) is 1. The van der Waals surface area contributed by atoms with Crippen molar-refractivity contribution in [3.05, 3.63) is 0 Å². The third-order valence-electron chi connectivity index (χ3n) is 3.53. The lowest BCUT2D eigenvalue weighted by Crippen LogP contribution is -2.56. The van der Waals surface area contributed by atoms with Gasteiger partial charge < -0.3 is 10.4 Å². The van der Waals surface area contributed by atoms with E-state index in [1.807, 2.05) is 18.7 Å². The van der Waals surface area contributed by atoms with Gasteiger partial charge >= 0.3 is 5.97 Å². The molecule has 0 aromatic carbocycles. The van der Waals surface area contributed by atoms with Gasteiger partial charge in [-0.3, -0.25) is 14.5 Å². The number of hydrogen-bond donors (Lipinski definition) is 2. The first kappa shape index (κ1) is 15.0. The van der Waals surface area contributed by atoms with Crippen LogP contribution in [0.25, 0.3) is 0 Å². The van der Waals surface area contributed by atoms with Crippen LogP contribution in [0.5, 0.6) is 0 Å². The number of hydrogen-bond acceptors (Lipinski definition) is 3. The SMILES string of the molecule is CC(=O)N[C@H]1CCCC[C@H]1N(CC(=O)O)C(C)C. The van der Waals surface area contributed by atoms with Crippen LogP contribution in [0.2, 0.25) is 0 Å². The van der Waals surface area contributed by atoms with E-state index in [2.05, 4.69) is 5.32 Å². The Morgan fingerprint density at radius 3 is 2.44 bits per heavy atom. The molecule has 2 N–H and O–H groups in total. The summed E-state index contributed by atoms with van der Waals surface area (Å²) in [7, 11) is 0. The van der Waals surface area contributed by atoms with E-state index in [0.29, 0.717) is 0 Å². The van der Waals surface area contributed by atoms with Crippen molar-refractivity contribution < 1.29 is 14.7 Å². The van der Waals surface area contributed by atoms with Gasteiger partial charge in [-0.25, -0.2) is 0 Å². The molecule has 18 heavy (non-hydrogen) atoms. The van der Waals surface area contributed by atoms with Gasteiger partial charge in [0.25, 0.3) is 0 Å². The quantitative estimate of drug-likeness (QED) is 0.776. The van der Waals surface area contributed by atoms with Crippen molar-refractivity contribution >= 4 is 11.9 Å². The summed E-state index contributed by atoms with van der Waals surface area (Å²) in [6.07, 6.45) is 4.09. The molecule has 0 unspecified atom stereocenters. The summed E-state index contributed by atoms with van der Waals surface area (Å²) in [4.78, 5) is 24.2. The van der Waals surface area contributed by atoms with Crippen molar-refractivity contribution in [3.63, 3.8) is 0 Å².